The zero-order valence-corrected chi connectivity index (χ0v) is 35.4. The van der Waals surface area contributed by atoms with Gasteiger partial charge in [0, 0.05) is 56.3 Å². The molecule has 0 N–H and O–H groups in total. The second-order valence-electron chi connectivity index (χ2n) is 14.2. The highest BCUT2D eigenvalue weighted by atomic mass is 32.1. The number of hydrogen-bond donors (Lipinski definition) is 1. The lowest BCUT2D eigenvalue weighted by Crippen LogP contribution is -2.17. The van der Waals surface area contributed by atoms with Gasteiger partial charge >= 0.3 is 0 Å². The van der Waals surface area contributed by atoms with E-state index >= 15 is 0 Å². The molecule has 0 radical (unpaired) electrons. The smallest absolute Gasteiger partial charge is 0.0541 e. The first-order chi connectivity index (χ1) is 28.2. The lowest BCUT2D eigenvalue weighted by molar-refractivity contribution is 0.546. The molecule has 8 aromatic rings. The molecule has 290 valence electrons. The number of para-hydroxylation sites is 4. The van der Waals surface area contributed by atoms with E-state index in [2.05, 4.69) is 205 Å². The Balaban J connectivity index is 0.000000147. The molecule has 0 saturated heterocycles. The van der Waals surface area contributed by atoms with E-state index in [1.54, 1.807) is 6.08 Å². The van der Waals surface area contributed by atoms with E-state index in [0.717, 1.165) is 21.9 Å². The van der Waals surface area contributed by atoms with Crippen molar-refractivity contribution < 1.29 is 0 Å². The fraction of sp³-hybridized carbons (Fsp3) is 0.111. The third kappa shape index (κ3) is 8.73. The average Bonchev–Trinajstić information content (AvgIpc) is 3.76. The number of hydrogen-bond acceptors (Lipinski definition) is 2. The Bertz CT molecular complexity index is 2670. The van der Waals surface area contributed by atoms with Crippen molar-refractivity contribution in [2.24, 2.45) is 0 Å². The minimum Gasteiger partial charge on any atom is -0.344 e. The van der Waals surface area contributed by atoms with Crippen molar-refractivity contribution in [2.45, 2.75) is 34.6 Å². The van der Waals surface area contributed by atoms with Crippen LogP contribution in [0.5, 0.6) is 0 Å². The van der Waals surface area contributed by atoms with Crippen LogP contribution in [-0.2, 0) is 0 Å². The number of likely N-dealkylation sites (N-methyl/N-ethyl adjacent to an activating group) is 1. The molecule has 0 spiro atoms. The largest absolute Gasteiger partial charge is 0.344 e. The first-order valence-electron chi connectivity index (χ1n) is 19.7. The van der Waals surface area contributed by atoms with E-state index in [1.165, 1.54) is 66.1 Å². The summed E-state index contributed by atoms with van der Waals surface area (Å²) in [7, 11) is 2.02. The summed E-state index contributed by atoms with van der Waals surface area (Å²) in [6.07, 6.45) is 11.6. The summed E-state index contributed by atoms with van der Waals surface area (Å²) in [5.41, 5.74) is 13.3. The molecular weight excluding hydrogens is 723 g/mol. The summed E-state index contributed by atoms with van der Waals surface area (Å²) in [5, 5.41) is 5.28. The topological polar surface area (TPSA) is 13.1 Å². The number of allylic oxidation sites excluding steroid dienone is 7. The highest BCUT2D eigenvalue weighted by molar-refractivity contribution is 7.84. The minimum absolute atomic E-state index is 0.883. The Morgan fingerprint density at radius 1 is 0.586 bits per heavy atom. The van der Waals surface area contributed by atoms with Crippen LogP contribution in [0.1, 0.15) is 31.9 Å². The summed E-state index contributed by atoms with van der Waals surface area (Å²) in [5.74, 6) is 0. The van der Waals surface area contributed by atoms with Crippen molar-refractivity contribution in [3.05, 3.63) is 228 Å². The standard InChI is InChI=1S/2C19H15N.C16H23NS/c2*1-14-11-12-19-17(13-14)16-9-5-6-10-18(16)20(19)15-7-3-2-4-8-15;1-7-11-15(13(5)9-3)17(6)14(10-4)16(18)12-8-2/h2*2-13H,1H3;7-12,18H,2-3H2,1,4-6H3/b;;11-7-,14-10+,15-13+,16-12+. The average molecular weight is 776 g/mol. The highest BCUT2D eigenvalue weighted by Crippen LogP contribution is 2.34. The lowest BCUT2D eigenvalue weighted by Gasteiger charge is -2.25. The quantitative estimate of drug-likeness (QED) is 0.120. The zero-order valence-electron chi connectivity index (χ0n) is 34.5. The third-order valence-electron chi connectivity index (χ3n) is 10.3. The van der Waals surface area contributed by atoms with Crippen LogP contribution in [0.3, 0.4) is 0 Å². The third-order valence-corrected chi connectivity index (χ3v) is 10.6. The first-order valence-corrected chi connectivity index (χ1v) is 20.2. The maximum absolute atomic E-state index is 4.49. The highest BCUT2D eigenvalue weighted by Gasteiger charge is 2.13. The summed E-state index contributed by atoms with van der Waals surface area (Å²) in [6, 6.07) is 51.7. The van der Waals surface area contributed by atoms with Gasteiger partial charge in [0.2, 0.25) is 0 Å². The zero-order chi connectivity index (χ0) is 41.2. The molecule has 3 nitrogen and oxygen atoms in total. The molecule has 0 atom stereocenters. The van der Waals surface area contributed by atoms with E-state index in [0.29, 0.717) is 0 Å². The van der Waals surface area contributed by atoms with Crippen LogP contribution in [0, 0.1) is 13.8 Å². The Hall–Kier alpha value is -6.49. The molecule has 2 aromatic heterocycles. The van der Waals surface area contributed by atoms with Crippen molar-refractivity contribution in [1.82, 2.24) is 14.0 Å². The molecule has 0 aliphatic carbocycles. The van der Waals surface area contributed by atoms with E-state index in [9.17, 15) is 0 Å². The number of rotatable bonds is 8. The number of fused-ring (bicyclic) bond motifs is 6. The number of aromatic nitrogens is 2. The van der Waals surface area contributed by atoms with Crippen LogP contribution in [0.4, 0.5) is 0 Å². The van der Waals surface area contributed by atoms with Crippen molar-refractivity contribution in [2.75, 3.05) is 7.05 Å². The molecule has 0 amide bonds. The van der Waals surface area contributed by atoms with Gasteiger partial charge in [0.1, 0.15) is 0 Å². The van der Waals surface area contributed by atoms with Crippen LogP contribution < -0.4 is 0 Å². The van der Waals surface area contributed by atoms with Crippen molar-refractivity contribution in [1.29, 1.82) is 0 Å². The second kappa shape index (κ2) is 19.1. The first kappa shape index (κ1) is 41.2. The van der Waals surface area contributed by atoms with Crippen molar-refractivity contribution in [3.8, 4) is 11.4 Å². The number of nitrogens with zero attached hydrogens (tertiary/aromatic N) is 3. The van der Waals surface area contributed by atoms with Crippen molar-refractivity contribution in [3.63, 3.8) is 0 Å². The molecule has 58 heavy (non-hydrogen) atoms. The van der Waals surface area contributed by atoms with E-state index in [-0.39, 0.29) is 0 Å². The number of aryl methyl sites for hydroxylation is 2. The van der Waals surface area contributed by atoms with E-state index in [4.69, 9.17) is 0 Å². The molecule has 0 fully saturated rings. The number of thiol groups is 1. The summed E-state index contributed by atoms with van der Waals surface area (Å²) >= 11 is 4.49. The van der Waals surface area contributed by atoms with Gasteiger partial charge in [-0.3, -0.25) is 0 Å². The van der Waals surface area contributed by atoms with Crippen LogP contribution in [0.25, 0.3) is 55.0 Å². The summed E-state index contributed by atoms with van der Waals surface area (Å²) in [4.78, 5) is 2.98. The molecule has 2 heterocycles. The van der Waals surface area contributed by atoms with Gasteiger partial charge in [-0.25, -0.2) is 0 Å². The summed E-state index contributed by atoms with van der Waals surface area (Å²) in [6.45, 7) is 17.9. The van der Waals surface area contributed by atoms with Crippen LogP contribution >= 0.6 is 12.6 Å². The SMILES string of the molecule is C=C/C=C(S)\C(=C/C)N(C)C(/C=C\C)=C(\C)C=C.Cc1ccc2c(c1)c1ccccc1n2-c1ccccc1.Cc1ccc2c(c1)c1ccccc1n2-c1ccccc1. The maximum atomic E-state index is 4.49. The molecule has 0 saturated carbocycles. The lowest BCUT2D eigenvalue weighted by atomic mass is 10.1. The fourth-order valence-corrected chi connectivity index (χ4v) is 7.88. The van der Waals surface area contributed by atoms with Crippen LogP contribution in [0.15, 0.2) is 217 Å². The molecule has 8 rings (SSSR count). The van der Waals surface area contributed by atoms with Crippen LogP contribution in [0.2, 0.25) is 0 Å². The fourth-order valence-electron chi connectivity index (χ4n) is 7.49. The van der Waals surface area contributed by atoms with Gasteiger partial charge in [-0.2, -0.15) is 0 Å². The molecule has 0 aliphatic heterocycles. The van der Waals surface area contributed by atoms with Gasteiger partial charge in [0.15, 0.2) is 0 Å². The van der Waals surface area contributed by atoms with Gasteiger partial charge in [-0.1, -0.05) is 134 Å². The second-order valence-corrected chi connectivity index (χ2v) is 14.7. The normalized spacial score (nSPS) is 12.3. The van der Waals surface area contributed by atoms with E-state index in [1.807, 2.05) is 52.1 Å². The molecule has 4 heteroatoms. The molecule has 0 aliphatic rings. The molecular formula is C54H53N3S. The molecule has 0 unspecified atom stereocenters. The summed E-state index contributed by atoms with van der Waals surface area (Å²) < 4.78 is 4.67. The predicted octanol–water partition coefficient (Wildman–Crippen LogP) is 15.0. The van der Waals surface area contributed by atoms with Crippen molar-refractivity contribution >= 4 is 56.2 Å². The predicted molar refractivity (Wildman–Crippen MR) is 258 cm³/mol. The maximum Gasteiger partial charge on any atom is 0.0541 e. The minimum atomic E-state index is 0.883. The van der Waals surface area contributed by atoms with Gasteiger partial charge < -0.3 is 14.0 Å². The molecule has 6 aromatic carbocycles. The Morgan fingerprint density at radius 2 is 1.02 bits per heavy atom. The van der Waals surface area contributed by atoms with E-state index < -0.39 is 0 Å². The van der Waals surface area contributed by atoms with Gasteiger partial charge in [0.25, 0.3) is 0 Å². The Labute approximate surface area is 350 Å². The number of benzene rings is 6. The Kier molecular flexibility index (Phi) is 13.6. The monoisotopic (exact) mass is 775 g/mol. The van der Waals surface area contributed by atoms with Gasteiger partial charge in [-0.05, 0) is 113 Å². The Morgan fingerprint density at radius 3 is 1.43 bits per heavy atom. The van der Waals surface area contributed by atoms with Gasteiger partial charge in [-0.15, -0.1) is 12.6 Å². The van der Waals surface area contributed by atoms with Gasteiger partial charge in [0.05, 0.1) is 22.1 Å². The van der Waals surface area contributed by atoms with Crippen LogP contribution in [-0.4, -0.2) is 21.1 Å². The molecule has 0 bridgehead atoms.